The molecule has 0 saturated heterocycles. The van der Waals surface area contributed by atoms with Crippen LogP contribution in [0, 0.1) is 5.82 Å². The molecular weight excluding hydrogens is 331 g/mol. The van der Waals surface area contributed by atoms with Crippen molar-refractivity contribution in [3.05, 3.63) is 75.0 Å². The number of hydrogen-bond donors (Lipinski definition) is 0. The van der Waals surface area contributed by atoms with Gasteiger partial charge in [0.05, 0.1) is 5.02 Å². The fourth-order valence-corrected chi connectivity index (χ4v) is 2.19. The third-order valence-corrected chi connectivity index (χ3v) is 3.33. The molecule has 0 aliphatic carbocycles. The van der Waals surface area contributed by atoms with Crippen LogP contribution >= 0.6 is 27.5 Å². The van der Waals surface area contributed by atoms with Gasteiger partial charge in [0.15, 0.2) is 5.78 Å². The second kappa shape index (κ2) is 6.13. The molecule has 0 aliphatic heterocycles. The van der Waals surface area contributed by atoms with E-state index >= 15 is 0 Å². The summed E-state index contributed by atoms with van der Waals surface area (Å²) in [6, 6.07) is 11.4. The van der Waals surface area contributed by atoms with Crippen LogP contribution in [0.5, 0.6) is 0 Å². The van der Waals surface area contributed by atoms with E-state index in [-0.39, 0.29) is 16.4 Å². The Labute approximate surface area is 123 Å². The first kappa shape index (κ1) is 14.0. The van der Waals surface area contributed by atoms with E-state index < -0.39 is 5.82 Å². The Hall–Kier alpha value is -1.45. The van der Waals surface area contributed by atoms with Gasteiger partial charge in [-0.15, -0.1) is 0 Å². The number of allylic oxidation sites excluding steroid dienone is 1. The Kier molecular flexibility index (Phi) is 4.51. The largest absolute Gasteiger partial charge is 0.289 e. The first-order chi connectivity index (χ1) is 9.08. The maximum Gasteiger partial charge on any atom is 0.185 e. The number of carbonyl (C=O) groups excluding carboxylic acids is 1. The van der Waals surface area contributed by atoms with Gasteiger partial charge in [0.1, 0.15) is 5.82 Å². The predicted molar refractivity (Wildman–Crippen MR) is 78.9 cm³/mol. The molecule has 0 fully saturated rings. The van der Waals surface area contributed by atoms with Gasteiger partial charge in [-0.25, -0.2) is 4.39 Å². The number of benzene rings is 2. The SMILES string of the molecule is O=C(C=Cc1c(F)cccc1Cl)c1cccc(Br)c1. The van der Waals surface area contributed by atoms with Crippen molar-refractivity contribution in [2.75, 3.05) is 0 Å². The Morgan fingerprint density at radius 3 is 2.63 bits per heavy atom. The van der Waals surface area contributed by atoms with Gasteiger partial charge in [-0.05, 0) is 36.4 Å². The quantitative estimate of drug-likeness (QED) is 0.559. The van der Waals surface area contributed by atoms with Crippen molar-refractivity contribution in [3.63, 3.8) is 0 Å². The standard InChI is InChI=1S/C15H9BrClFO/c16-11-4-1-3-10(9-11)15(19)8-7-12-13(17)5-2-6-14(12)18/h1-9H. The fourth-order valence-electron chi connectivity index (χ4n) is 1.57. The molecule has 0 N–H and O–H groups in total. The smallest absolute Gasteiger partial charge is 0.185 e. The highest BCUT2D eigenvalue weighted by Gasteiger charge is 2.05. The Morgan fingerprint density at radius 1 is 1.21 bits per heavy atom. The molecule has 1 nitrogen and oxygen atoms in total. The lowest BCUT2D eigenvalue weighted by atomic mass is 10.1. The average molecular weight is 340 g/mol. The molecule has 0 amide bonds. The van der Waals surface area contributed by atoms with Crippen LogP contribution in [-0.2, 0) is 0 Å². The minimum atomic E-state index is -0.453. The molecule has 0 radical (unpaired) electrons. The summed E-state index contributed by atoms with van der Waals surface area (Å²) in [7, 11) is 0. The maximum atomic E-state index is 13.5. The van der Waals surface area contributed by atoms with E-state index in [0.717, 1.165) is 4.47 Å². The molecule has 0 unspecified atom stereocenters. The van der Waals surface area contributed by atoms with E-state index in [2.05, 4.69) is 15.9 Å². The molecular formula is C15H9BrClFO. The molecule has 0 saturated carbocycles. The van der Waals surface area contributed by atoms with E-state index in [4.69, 9.17) is 11.6 Å². The summed E-state index contributed by atoms with van der Waals surface area (Å²) < 4.78 is 14.3. The molecule has 0 aliphatic rings. The van der Waals surface area contributed by atoms with Gasteiger partial charge < -0.3 is 0 Å². The van der Waals surface area contributed by atoms with Crippen LogP contribution in [0.3, 0.4) is 0 Å². The molecule has 2 aromatic rings. The highest BCUT2D eigenvalue weighted by Crippen LogP contribution is 2.21. The molecule has 0 aromatic heterocycles. The van der Waals surface area contributed by atoms with Crippen LogP contribution in [0.15, 0.2) is 53.0 Å². The highest BCUT2D eigenvalue weighted by molar-refractivity contribution is 9.10. The van der Waals surface area contributed by atoms with Crippen molar-refractivity contribution < 1.29 is 9.18 Å². The number of halogens is 3. The summed E-state index contributed by atoms with van der Waals surface area (Å²) in [4.78, 5) is 11.9. The van der Waals surface area contributed by atoms with E-state index in [9.17, 15) is 9.18 Å². The number of ketones is 1. The molecule has 2 rings (SSSR count). The molecule has 2 aromatic carbocycles. The summed E-state index contributed by atoms with van der Waals surface area (Å²) >= 11 is 9.17. The van der Waals surface area contributed by atoms with Gasteiger partial charge in [0.2, 0.25) is 0 Å². The van der Waals surface area contributed by atoms with Crippen LogP contribution < -0.4 is 0 Å². The zero-order valence-electron chi connectivity index (χ0n) is 9.74. The minimum absolute atomic E-state index is 0.208. The van der Waals surface area contributed by atoms with E-state index in [1.165, 1.54) is 24.3 Å². The number of carbonyl (C=O) groups is 1. The van der Waals surface area contributed by atoms with Crippen molar-refractivity contribution in [1.29, 1.82) is 0 Å². The molecule has 19 heavy (non-hydrogen) atoms. The lowest BCUT2D eigenvalue weighted by Crippen LogP contribution is -1.94. The number of hydrogen-bond acceptors (Lipinski definition) is 1. The van der Waals surface area contributed by atoms with Crippen LogP contribution in [0.2, 0.25) is 5.02 Å². The zero-order valence-corrected chi connectivity index (χ0v) is 12.1. The topological polar surface area (TPSA) is 17.1 Å². The summed E-state index contributed by atoms with van der Waals surface area (Å²) in [5.74, 6) is -0.661. The molecule has 4 heteroatoms. The van der Waals surface area contributed by atoms with E-state index in [1.54, 1.807) is 24.3 Å². The summed E-state index contributed by atoms with van der Waals surface area (Å²) in [6.07, 6.45) is 2.70. The molecule has 0 spiro atoms. The monoisotopic (exact) mass is 338 g/mol. The van der Waals surface area contributed by atoms with Gasteiger partial charge in [-0.2, -0.15) is 0 Å². The van der Waals surface area contributed by atoms with Crippen molar-refractivity contribution in [3.8, 4) is 0 Å². The number of rotatable bonds is 3. The third-order valence-electron chi connectivity index (χ3n) is 2.51. The second-order valence-electron chi connectivity index (χ2n) is 3.84. The highest BCUT2D eigenvalue weighted by atomic mass is 79.9. The Bertz CT molecular complexity index is 632. The van der Waals surface area contributed by atoms with Gasteiger partial charge >= 0.3 is 0 Å². The van der Waals surface area contributed by atoms with E-state index in [1.807, 2.05) is 6.07 Å². The van der Waals surface area contributed by atoms with Gasteiger partial charge in [-0.1, -0.05) is 45.7 Å². The lowest BCUT2D eigenvalue weighted by molar-refractivity contribution is 0.104. The van der Waals surface area contributed by atoms with Crippen LogP contribution in [0.25, 0.3) is 6.08 Å². The normalized spacial score (nSPS) is 10.9. The fraction of sp³-hybridized carbons (Fsp3) is 0. The molecule has 0 atom stereocenters. The van der Waals surface area contributed by atoms with Gasteiger partial charge in [-0.3, -0.25) is 4.79 Å². The Balaban J connectivity index is 2.26. The van der Waals surface area contributed by atoms with Crippen LogP contribution in [0.1, 0.15) is 15.9 Å². The van der Waals surface area contributed by atoms with Crippen molar-refractivity contribution in [2.45, 2.75) is 0 Å². The third kappa shape index (κ3) is 3.52. The summed E-state index contributed by atoms with van der Waals surface area (Å²) in [5.41, 5.74) is 0.741. The predicted octanol–water partition coefficient (Wildman–Crippen LogP) is 5.14. The first-order valence-electron chi connectivity index (χ1n) is 5.50. The Morgan fingerprint density at radius 2 is 1.95 bits per heavy atom. The second-order valence-corrected chi connectivity index (χ2v) is 5.17. The molecule has 0 bridgehead atoms. The zero-order chi connectivity index (χ0) is 13.8. The lowest BCUT2D eigenvalue weighted by Gasteiger charge is -2.00. The van der Waals surface area contributed by atoms with Crippen LogP contribution in [0.4, 0.5) is 4.39 Å². The van der Waals surface area contributed by atoms with Crippen molar-refractivity contribution >= 4 is 39.4 Å². The first-order valence-corrected chi connectivity index (χ1v) is 6.67. The minimum Gasteiger partial charge on any atom is -0.289 e. The van der Waals surface area contributed by atoms with Gasteiger partial charge in [0, 0.05) is 15.6 Å². The molecule has 0 heterocycles. The van der Waals surface area contributed by atoms with Gasteiger partial charge in [0.25, 0.3) is 0 Å². The average Bonchev–Trinajstić information content (AvgIpc) is 2.38. The summed E-state index contributed by atoms with van der Waals surface area (Å²) in [6.45, 7) is 0. The van der Waals surface area contributed by atoms with E-state index in [0.29, 0.717) is 5.56 Å². The van der Waals surface area contributed by atoms with Crippen molar-refractivity contribution in [1.82, 2.24) is 0 Å². The summed E-state index contributed by atoms with van der Waals surface area (Å²) in [5, 5.41) is 0.276. The van der Waals surface area contributed by atoms with Crippen molar-refractivity contribution in [2.24, 2.45) is 0 Å². The molecule has 96 valence electrons. The van der Waals surface area contributed by atoms with Crippen LogP contribution in [-0.4, -0.2) is 5.78 Å². The maximum absolute atomic E-state index is 13.5.